The highest BCUT2D eigenvalue weighted by atomic mass is 16.2. The first-order valence-electron chi connectivity index (χ1n) is 12.2. The first-order chi connectivity index (χ1) is 15.8. The molecule has 202 valence electrons. The lowest BCUT2D eigenvalue weighted by Gasteiger charge is -2.34. The molecule has 0 bridgehead atoms. The smallest absolute Gasteiger partial charge is 0.315 e. The van der Waals surface area contributed by atoms with E-state index in [4.69, 9.17) is 0 Å². The summed E-state index contributed by atoms with van der Waals surface area (Å²) in [6, 6.07) is -3.21. The minimum absolute atomic E-state index is 0.0900. The molecule has 10 heteroatoms. The summed E-state index contributed by atoms with van der Waals surface area (Å²) in [5, 5.41) is 13.6. The first-order valence-corrected chi connectivity index (χ1v) is 12.2. The maximum absolute atomic E-state index is 13.3. The molecule has 0 aromatic rings. The van der Waals surface area contributed by atoms with Crippen LogP contribution in [0.3, 0.4) is 0 Å². The van der Waals surface area contributed by atoms with Gasteiger partial charge in [0.25, 0.3) is 0 Å². The van der Waals surface area contributed by atoms with Gasteiger partial charge in [0.15, 0.2) is 0 Å². The number of carbonyl (C=O) groups is 5. The Hall–Kier alpha value is -2.65. The average molecular weight is 498 g/mol. The number of carbonyl (C=O) groups excluding carboxylic acids is 5. The van der Waals surface area contributed by atoms with Crippen molar-refractivity contribution in [2.24, 2.45) is 10.8 Å². The topological polar surface area (TPSA) is 146 Å². The van der Waals surface area contributed by atoms with Crippen LogP contribution in [0.2, 0.25) is 0 Å². The summed E-state index contributed by atoms with van der Waals surface area (Å²) in [6.07, 6.45) is 1.13. The van der Waals surface area contributed by atoms with Crippen LogP contribution in [0.1, 0.15) is 88.5 Å². The van der Waals surface area contributed by atoms with Gasteiger partial charge in [0.1, 0.15) is 18.4 Å². The number of urea groups is 1. The van der Waals surface area contributed by atoms with Gasteiger partial charge in [0, 0.05) is 18.5 Å². The predicted octanol–water partition coefficient (Wildman–Crippen LogP) is 2.02. The second-order valence-corrected chi connectivity index (χ2v) is 12.2. The Bertz CT molecular complexity index is 747. The minimum Gasteiger partial charge on any atom is -0.356 e. The third kappa shape index (κ3) is 14.4. The summed E-state index contributed by atoms with van der Waals surface area (Å²) in [6.45, 7) is 19.0. The number of hydrogen-bond donors (Lipinski definition) is 5. The molecule has 0 heterocycles. The highest BCUT2D eigenvalue weighted by Gasteiger charge is 2.36. The Morgan fingerprint density at radius 3 is 1.83 bits per heavy atom. The van der Waals surface area contributed by atoms with Crippen LogP contribution in [0.5, 0.6) is 0 Å². The molecule has 0 aliphatic carbocycles. The van der Waals surface area contributed by atoms with Crippen molar-refractivity contribution in [2.75, 3.05) is 6.54 Å². The minimum atomic E-state index is -0.938. The molecule has 0 aromatic carbocycles. The van der Waals surface area contributed by atoms with Crippen molar-refractivity contribution in [2.45, 2.75) is 112 Å². The molecule has 0 aromatic heterocycles. The van der Waals surface area contributed by atoms with Gasteiger partial charge in [-0.15, -0.1) is 0 Å². The van der Waals surface area contributed by atoms with Crippen LogP contribution >= 0.6 is 0 Å². The molecule has 10 nitrogen and oxygen atoms in total. The van der Waals surface area contributed by atoms with Crippen molar-refractivity contribution in [1.82, 2.24) is 26.6 Å². The molecule has 5 N–H and O–H groups in total. The number of aldehydes is 1. The molecule has 3 atom stereocenters. The van der Waals surface area contributed by atoms with Crippen LogP contribution in [-0.2, 0) is 19.2 Å². The number of hydrogen-bond acceptors (Lipinski definition) is 5. The predicted molar refractivity (Wildman–Crippen MR) is 137 cm³/mol. The van der Waals surface area contributed by atoms with Crippen molar-refractivity contribution in [3.8, 4) is 0 Å². The average Bonchev–Trinajstić information content (AvgIpc) is 2.65. The van der Waals surface area contributed by atoms with E-state index < -0.39 is 46.9 Å². The van der Waals surface area contributed by atoms with E-state index in [0.29, 0.717) is 19.3 Å². The van der Waals surface area contributed by atoms with Crippen LogP contribution in [0.25, 0.3) is 0 Å². The molecule has 0 aliphatic heterocycles. The van der Waals surface area contributed by atoms with Crippen LogP contribution in [-0.4, -0.2) is 60.2 Å². The van der Waals surface area contributed by atoms with Crippen molar-refractivity contribution in [1.29, 1.82) is 0 Å². The maximum atomic E-state index is 13.3. The molecule has 0 radical (unpaired) electrons. The second kappa shape index (κ2) is 13.4. The van der Waals surface area contributed by atoms with Crippen LogP contribution < -0.4 is 26.6 Å². The summed E-state index contributed by atoms with van der Waals surface area (Å²) in [7, 11) is 0. The third-order valence-corrected chi connectivity index (χ3v) is 4.89. The Morgan fingerprint density at radius 2 is 1.40 bits per heavy atom. The van der Waals surface area contributed by atoms with Crippen LogP contribution in [0.4, 0.5) is 4.79 Å². The van der Waals surface area contributed by atoms with Gasteiger partial charge in [-0.05, 0) is 51.4 Å². The van der Waals surface area contributed by atoms with E-state index in [2.05, 4.69) is 26.6 Å². The molecule has 0 spiro atoms. The number of rotatable bonds is 11. The van der Waals surface area contributed by atoms with Gasteiger partial charge >= 0.3 is 6.03 Å². The fraction of sp³-hybridized carbons (Fsp3) is 0.800. The van der Waals surface area contributed by atoms with E-state index >= 15 is 0 Å². The van der Waals surface area contributed by atoms with E-state index in [9.17, 15) is 24.0 Å². The van der Waals surface area contributed by atoms with Crippen molar-refractivity contribution < 1.29 is 24.0 Å². The first kappa shape index (κ1) is 32.4. The van der Waals surface area contributed by atoms with Crippen LogP contribution in [0.15, 0.2) is 0 Å². The maximum Gasteiger partial charge on any atom is 0.315 e. The highest BCUT2D eigenvalue weighted by molar-refractivity contribution is 5.93. The zero-order valence-electron chi connectivity index (χ0n) is 23.2. The van der Waals surface area contributed by atoms with Gasteiger partial charge in [0.2, 0.25) is 17.7 Å². The molecule has 0 unspecified atom stereocenters. The van der Waals surface area contributed by atoms with Gasteiger partial charge in [0.05, 0.1) is 6.04 Å². The van der Waals surface area contributed by atoms with Gasteiger partial charge in [-0.1, -0.05) is 41.5 Å². The standard InChI is InChI=1S/C25H47N5O5/c1-11-26-18(32)13-12-16(15-31)27-20(33)17(14-23(2,3)4)28-21(34)19(24(5,6)7)29-22(35)30-25(8,9)10/h15-17,19H,11-14H2,1-10H3,(H,26,32)(H,27,33)(H,28,34)(H2,29,30,35)/t16-,17-,19+/m0/s1. The summed E-state index contributed by atoms with van der Waals surface area (Å²) in [5.41, 5.74) is -1.45. The van der Waals surface area contributed by atoms with Crippen molar-refractivity contribution >= 4 is 30.0 Å². The molecule has 0 rings (SSSR count). The molecule has 5 amide bonds. The number of amides is 5. The normalized spacial score (nSPS) is 14.7. The molecule has 35 heavy (non-hydrogen) atoms. The van der Waals surface area contributed by atoms with E-state index in [1.54, 1.807) is 6.92 Å². The SMILES string of the molecule is CCNC(=O)CC[C@@H](C=O)NC(=O)[C@H](CC(C)(C)C)NC(=O)[C@@H](NC(=O)NC(C)(C)C)C(C)(C)C. The lowest BCUT2D eigenvalue weighted by atomic mass is 9.84. The summed E-state index contributed by atoms with van der Waals surface area (Å²) < 4.78 is 0. The van der Waals surface area contributed by atoms with Crippen LogP contribution in [0, 0.1) is 10.8 Å². The van der Waals surface area contributed by atoms with E-state index in [-0.39, 0.29) is 24.2 Å². The summed E-state index contributed by atoms with van der Waals surface area (Å²) >= 11 is 0. The van der Waals surface area contributed by atoms with Crippen molar-refractivity contribution in [3.05, 3.63) is 0 Å². The Kier molecular flexibility index (Phi) is 12.4. The van der Waals surface area contributed by atoms with E-state index in [1.165, 1.54) is 0 Å². The zero-order valence-corrected chi connectivity index (χ0v) is 23.2. The number of nitrogens with one attached hydrogen (secondary N) is 5. The molecule has 0 fully saturated rings. The zero-order chi connectivity index (χ0) is 27.6. The molecule has 0 saturated carbocycles. The highest BCUT2D eigenvalue weighted by Crippen LogP contribution is 2.23. The van der Waals surface area contributed by atoms with Gasteiger partial charge < -0.3 is 31.4 Å². The third-order valence-electron chi connectivity index (χ3n) is 4.89. The Labute approximate surface area is 210 Å². The monoisotopic (exact) mass is 497 g/mol. The lowest BCUT2D eigenvalue weighted by molar-refractivity contribution is -0.132. The Morgan fingerprint density at radius 1 is 0.829 bits per heavy atom. The van der Waals surface area contributed by atoms with E-state index in [1.807, 2.05) is 62.3 Å². The summed E-state index contributed by atoms with van der Waals surface area (Å²) in [5.74, 6) is -1.23. The van der Waals surface area contributed by atoms with Gasteiger partial charge in [-0.2, -0.15) is 0 Å². The van der Waals surface area contributed by atoms with Gasteiger partial charge in [-0.3, -0.25) is 14.4 Å². The van der Waals surface area contributed by atoms with Crippen molar-refractivity contribution in [3.63, 3.8) is 0 Å². The quantitative estimate of drug-likeness (QED) is 0.277. The lowest BCUT2D eigenvalue weighted by Crippen LogP contribution is -2.61. The van der Waals surface area contributed by atoms with Gasteiger partial charge in [-0.25, -0.2) is 4.79 Å². The fourth-order valence-electron chi connectivity index (χ4n) is 3.29. The second-order valence-electron chi connectivity index (χ2n) is 12.2. The summed E-state index contributed by atoms with van der Waals surface area (Å²) in [4.78, 5) is 62.1. The Balaban J connectivity index is 5.58. The largest absolute Gasteiger partial charge is 0.356 e. The molecule has 0 aliphatic rings. The molecular weight excluding hydrogens is 450 g/mol. The fourth-order valence-corrected chi connectivity index (χ4v) is 3.29. The van der Waals surface area contributed by atoms with E-state index in [0.717, 1.165) is 0 Å². The molecular formula is C25H47N5O5. The molecule has 0 saturated heterocycles.